The number of amides is 1. The monoisotopic (exact) mass is 417 g/mol. The van der Waals surface area contributed by atoms with Gasteiger partial charge in [-0.05, 0) is 48.4 Å². The fourth-order valence-electron chi connectivity index (χ4n) is 3.15. The van der Waals surface area contributed by atoms with Gasteiger partial charge in [-0.3, -0.25) is 4.79 Å². The highest BCUT2D eigenvalue weighted by molar-refractivity contribution is 6.39. The summed E-state index contributed by atoms with van der Waals surface area (Å²) in [7, 11) is 0. The number of rotatable bonds is 8. The molecule has 1 amide bonds. The van der Waals surface area contributed by atoms with Crippen molar-refractivity contribution in [3.05, 3.63) is 84.1 Å². The lowest BCUT2D eigenvalue weighted by Gasteiger charge is -2.09. The Bertz CT molecular complexity index is 1050. The predicted molar refractivity (Wildman–Crippen MR) is 116 cm³/mol. The number of carbonyl (C=O) groups excluding carboxylic acids is 1. The second-order valence-corrected chi connectivity index (χ2v) is 6.94. The van der Waals surface area contributed by atoms with Crippen LogP contribution in [0.15, 0.2) is 78.1 Å². The molecule has 3 aromatic rings. The van der Waals surface area contributed by atoms with E-state index in [9.17, 15) is 4.79 Å². The van der Waals surface area contributed by atoms with Gasteiger partial charge in [0, 0.05) is 25.2 Å². The first-order valence-corrected chi connectivity index (χ1v) is 10.1. The third-order valence-electron chi connectivity index (χ3n) is 4.71. The molecule has 0 saturated heterocycles. The SMILES string of the molecule is CCOc1ccc(Oc2cc(CNC(=O)C3=NOC(c4ccccc4)C3)ccn2)cc1. The van der Waals surface area contributed by atoms with Crippen molar-refractivity contribution in [2.75, 3.05) is 6.61 Å². The Morgan fingerprint density at radius 2 is 1.87 bits per heavy atom. The minimum Gasteiger partial charge on any atom is -0.494 e. The van der Waals surface area contributed by atoms with E-state index in [1.165, 1.54) is 0 Å². The maximum Gasteiger partial charge on any atom is 0.269 e. The van der Waals surface area contributed by atoms with Crippen molar-refractivity contribution >= 4 is 11.6 Å². The van der Waals surface area contributed by atoms with E-state index < -0.39 is 0 Å². The molecular formula is C24H23N3O4. The molecule has 2 aromatic carbocycles. The maximum absolute atomic E-state index is 12.5. The van der Waals surface area contributed by atoms with Crippen molar-refractivity contribution < 1.29 is 19.1 Å². The molecule has 0 bridgehead atoms. The molecule has 158 valence electrons. The van der Waals surface area contributed by atoms with Crippen molar-refractivity contribution in [1.29, 1.82) is 0 Å². The molecule has 0 radical (unpaired) electrons. The Labute approximate surface area is 180 Å². The summed E-state index contributed by atoms with van der Waals surface area (Å²) in [5, 5.41) is 6.83. The van der Waals surface area contributed by atoms with Gasteiger partial charge in [0.05, 0.1) is 6.61 Å². The van der Waals surface area contributed by atoms with Crippen LogP contribution in [0.25, 0.3) is 0 Å². The zero-order valence-electron chi connectivity index (χ0n) is 17.2. The lowest BCUT2D eigenvalue weighted by molar-refractivity contribution is -0.115. The summed E-state index contributed by atoms with van der Waals surface area (Å²) < 4.78 is 11.2. The Kier molecular flexibility index (Phi) is 6.42. The minimum absolute atomic E-state index is 0.225. The number of hydrogen-bond donors (Lipinski definition) is 1. The average molecular weight is 417 g/mol. The highest BCUT2D eigenvalue weighted by atomic mass is 16.6. The lowest BCUT2D eigenvalue weighted by Crippen LogP contribution is -2.29. The van der Waals surface area contributed by atoms with Crippen LogP contribution in [0.2, 0.25) is 0 Å². The van der Waals surface area contributed by atoms with Crippen LogP contribution in [0.5, 0.6) is 17.4 Å². The molecule has 31 heavy (non-hydrogen) atoms. The van der Waals surface area contributed by atoms with Gasteiger partial charge in [-0.25, -0.2) is 4.98 Å². The van der Waals surface area contributed by atoms with Crippen molar-refractivity contribution in [3.8, 4) is 17.4 Å². The molecule has 0 spiro atoms. The number of benzene rings is 2. The Morgan fingerprint density at radius 3 is 2.65 bits per heavy atom. The van der Waals surface area contributed by atoms with Crippen LogP contribution in [0, 0.1) is 0 Å². The summed E-state index contributed by atoms with van der Waals surface area (Å²) in [6.45, 7) is 2.88. The molecule has 4 rings (SSSR count). The molecule has 0 saturated carbocycles. The molecule has 2 heterocycles. The predicted octanol–water partition coefficient (Wildman–Crippen LogP) is 4.41. The zero-order chi connectivity index (χ0) is 21.5. The molecule has 0 aliphatic carbocycles. The van der Waals surface area contributed by atoms with Crippen molar-refractivity contribution in [2.24, 2.45) is 5.16 Å². The summed E-state index contributed by atoms with van der Waals surface area (Å²) in [5.41, 5.74) is 2.25. The fourth-order valence-corrected chi connectivity index (χ4v) is 3.15. The van der Waals surface area contributed by atoms with Gasteiger partial charge in [-0.2, -0.15) is 0 Å². The molecule has 0 fully saturated rings. The van der Waals surface area contributed by atoms with Gasteiger partial charge >= 0.3 is 0 Å². The molecule has 1 aliphatic rings. The second-order valence-electron chi connectivity index (χ2n) is 6.94. The first-order valence-electron chi connectivity index (χ1n) is 10.1. The molecule has 1 aromatic heterocycles. The number of ether oxygens (including phenoxy) is 2. The molecule has 1 N–H and O–H groups in total. The normalized spacial score (nSPS) is 15.0. The first kappa shape index (κ1) is 20.4. The Morgan fingerprint density at radius 1 is 1.10 bits per heavy atom. The molecular weight excluding hydrogens is 394 g/mol. The number of hydrogen-bond acceptors (Lipinski definition) is 6. The highest BCUT2D eigenvalue weighted by Crippen LogP contribution is 2.27. The molecule has 1 unspecified atom stereocenters. The smallest absolute Gasteiger partial charge is 0.269 e. The Balaban J connectivity index is 1.30. The van der Waals surface area contributed by atoms with E-state index in [0.717, 1.165) is 16.9 Å². The van der Waals surface area contributed by atoms with Crippen LogP contribution < -0.4 is 14.8 Å². The van der Waals surface area contributed by atoms with Crippen molar-refractivity contribution in [3.63, 3.8) is 0 Å². The van der Waals surface area contributed by atoms with Gasteiger partial charge < -0.3 is 19.6 Å². The summed E-state index contributed by atoms with van der Waals surface area (Å²) in [4.78, 5) is 22.1. The summed E-state index contributed by atoms with van der Waals surface area (Å²) in [6, 6.07) is 20.7. The van der Waals surface area contributed by atoms with Crippen molar-refractivity contribution in [1.82, 2.24) is 10.3 Å². The summed E-state index contributed by atoms with van der Waals surface area (Å²) in [6.07, 6.45) is 1.86. The van der Waals surface area contributed by atoms with Crippen LogP contribution in [0.3, 0.4) is 0 Å². The number of carbonyl (C=O) groups is 1. The van der Waals surface area contributed by atoms with Gasteiger partial charge in [0.1, 0.15) is 17.2 Å². The number of pyridine rings is 1. The van der Waals surface area contributed by atoms with E-state index in [1.807, 2.05) is 67.6 Å². The number of oxime groups is 1. The number of nitrogens with one attached hydrogen (secondary N) is 1. The van der Waals surface area contributed by atoms with Crippen molar-refractivity contribution in [2.45, 2.75) is 26.0 Å². The van der Waals surface area contributed by atoms with E-state index >= 15 is 0 Å². The third kappa shape index (κ3) is 5.39. The number of nitrogens with zero attached hydrogens (tertiary/aromatic N) is 2. The average Bonchev–Trinajstić information content (AvgIpc) is 3.30. The quantitative estimate of drug-likeness (QED) is 0.587. The highest BCUT2D eigenvalue weighted by Gasteiger charge is 2.27. The summed E-state index contributed by atoms with van der Waals surface area (Å²) >= 11 is 0. The molecule has 1 aliphatic heterocycles. The van der Waals surface area contributed by atoms with Crippen LogP contribution >= 0.6 is 0 Å². The summed E-state index contributed by atoms with van der Waals surface area (Å²) in [5.74, 6) is 1.64. The van der Waals surface area contributed by atoms with Gasteiger partial charge in [-0.15, -0.1) is 0 Å². The minimum atomic E-state index is -0.246. The third-order valence-corrected chi connectivity index (χ3v) is 4.71. The first-order chi connectivity index (χ1) is 15.2. The van der Waals surface area contributed by atoms with Crippen LogP contribution in [0.1, 0.15) is 30.6 Å². The second kappa shape index (κ2) is 9.75. The Hall–Kier alpha value is -3.87. The van der Waals surface area contributed by atoms with Crippen LogP contribution in [-0.4, -0.2) is 23.2 Å². The van der Waals surface area contributed by atoms with Crippen LogP contribution in [0.4, 0.5) is 0 Å². The molecule has 1 atom stereocenters. The van der Waals surface area contributed by atoms with Crippen LogP contribution in [-0.2, 0) is 16.2 Å². The van der Waals surface area contributed by atoms with Gasteiger partial charge in [-0.1, -0.05) is 35.5 Å². The maximum atomic E-state index is 12.5. The van der Waals surface area contributed by atoms with E-state index in [-0.39, 0.29) is 12.0 Å². The van der Waals surface area contributed by atoms with Gasteiger partial charge in [0.25, 0.3) is 5.91 Å². The zero-order valence-corrected chi connectivity index (χ0v) is 17.2. The van der Waals surface area contributed by atoms with E-state index in [2.05, 4.69) is 15.5 Å². The topological polar surface area (TPSA) is 82.0 Å². The van der Waals surface area contributed by atoms with Gasteiger partial charge in [0.2, 0.25) is 5.88 Å². The fraction of sp³-hybridized carbons (Fsp3) is 0.208. The largest absolute Gasteiger partial charge is 0.494 e. The van der Waals surface area contributed by atoms with E-state index in [1.54, 1.807) is 12.3 Å². The van der Waals surface area contributed by atoms with Gasteiger partial charge in [0.15, 0.2) is 6.10 Å². The van der Waals surface area contributed by atoms with E-state index in [0.29, 0.717) is 36.9 Å². The van der Waals surface area contributed by atoms with E-state index in [4.69, 9.17) is 14.3 Å². The molecule has 7 nitrogen and oxygen atoms in total. The lowest BCUT2D eigenvalue weighted by atomic mass is 10.0. The number of aromatic nitrogens is 1. The standard InChI is InChI=1S/C24H23N3O4/c1-2-29-19-8-10-20(11-9-19)30-23-14-17(12-13-25-23)16-26-24(28)21-15-22(31-27-21)18-6-4-3-5-7-18/h3-14,22H,2,15-16H2,1H3,(H,26,28). The molecule has 7 heteroatoms.